The zero-order valence-electron chi connectivity index (χ0n) is 11.1. The van der Waals surface area contributed by atoms with Crippen LogP contribution in [0, 0.1) is 0 Å². The lowest BCUT2D eigenvalue weighted by molar-refractivity contribution is 1.20. The fourth-order valence-corrected chi connectivity index (χ4v) is 1.72. The van der Waals surface area contributed by atoms with E-state index in [4.69, 9.17) is 5.73 Å². The van der Waals surface area contributed by atoms with Gasteiger partial charge in [-0.25, -0.2) is 19.9 Å². The van der Waals surface area contributed by atoms with Crippen LogP contribution in [0.15, 0.2) is 25.2 Å². The molecule has 4 aromatic rings. The van der Waals surface area contributed by atoms with E-state index in [9.17, 15) is 0 Å². The molecule has 4 heterocycles. The van der Waals surface area contributed by atoms with Crippen molar-refractivity contribution in [2.75, 3.05) is 18.1 Å². The number of imidazole rings is 2. The Kier molecular flexibility index (Phi) is 3.25. The van der Waals surface area contributed by atoms with Gasteiger partial charge >= 0.3 is 0 Å². The summed E-state index contributed by atoms with van der Waals surface area (Å²) in [5.41, 5.74) is 8.37. The van der Waals surface area contributed by atoms with Gasteiger partial charge in [0, 0.05) is 7.05 Å². The second kappa shape index (κ2) is 5.36. The molecule has 4 aromatic heterocycles. The van der Waals surface area contributed by atoms with E-state index in [1.54, 1.807) is 25.9 Å². The van der Waals surface area contributed by atoms with Crippen LogP contribution in [0.4, 0.5) is 11.8 Å². The fourth-order valence-electron chi connectivity index (χ4n) is 1.72. The molecule has 0 amide bonds. The highest BCUT2D eigenvalue weighted by Gasteiger charge is 2.05. The largest absolute Gasteiger partial charge is 0.371 e. The molecule has 0 saturated carbocycles. The molecule has 4 rings (SSSR count). The Morgan fingerprint density at radius 3 is 2.67 bits per heavy atom. The number of hydrogen-bond acceptors (Lipinski definition) is 8. The van der Waals surface area contributed by atoms with E-state index in [0.717, 1.165) is 11.0 Å². The highest BCUT2D eigenvalue weighted by Crippen LogP contribution is 2.15. The van der Waals surface area contributed by atoms with Crippen LogP contribution in [0.1, 0.15) is 0 Å². The highest BCUT2D eigenvalue weighted by atomic mass is 15.1. The van der Waals surface area contributed by atoms with Crippen LogP contribution in [-0.2, 0) is 0 Å². The maximum Gasteiger partial charge on any atom is 0.224 e. The second-order valence-corrected chi connectivity index (χ2v) is 3.94. The van der Waals surface area contributed by atoms with Crippen LogP contribution in [0.25, 0.3) is 22.3 Å². The van der Waals surface area contributed by atoms with E-state index in [-0.39, 0.29) is 5.95 Å². The lowest BCUT2D eigenvalue weighted by atomic mass is 10.5. The molecule has 0 aliphatic carbocycles. The molecule has 0 aliphatic rings. The number of nitrogen functional groups attached to an aromatic ring is 1. The Hall–Kier alpha value is -3.30. The first kappa shape index (κ1) is 12.7. The van der Waals surface area contributed by atoms with E-state index in [2.05, 4.69) is 45.2 Å². The summed E-state index contributed by atoms with van der Waals surface area (Å²) in [5, 5.41) is 2.89. The number of fused-ring (bicyclic) bond motifs is 2. The second-order valence-electron chi connectivity index (χ2n) is 3.94. The van der Waals surface area contributed by atoms with Gasteiger partial charge in [-0.3, -0.25) is 0 Å². The molecule has 0 spiro atoms. The van der Waals surface area contributed by atoms with Gasteiger partial charge in [0.25, 0.3) is 0 Å². The summed E-state index contributed by atoms with van der Waals surface area (Å²) in [6, 6.07) is 0. The summed E-state index contributed by atoms with van der Waals surface area (Å²) in [4.78, 5) is 29.3. The molecule has 10 heteroatoms. The molecule has 0 fully saturated rings. The van der Waals surface area contributed by atoms with Crippen LogP contribution >= 0.6 is 0 Å². The molecule has 21 heavy (non-hydrogen) atoms. The first-order valence-corrected chi connectivity index (χ1v) is 6.01. The molecule has 0 aromatic carbocycles. The number of nitrogens with one attached hydrogen (secondary N) is 3. The smallest absolute Gasteiger partial charge is 0.224 e. The predicted molar refractivity (Wildman–Crippen MR) is 77.3 cm³/mol. The number of anilines is 2. The predicted octanol–water partition coefficient (Wildman–Crippen LogP) is 0.330. The number of nitrogens with two attached hydrogens (primary N) is 1. The Morgan fingerprint density at radius 1 is 1.05 bits per heavy atom. The van der Waals surface area contributed by atoms with Crippen molar-refractivity contribution in [3.63, 3.8) is 0 Å². The molecule has 106 valence electrons. The van der Waals surface area contributed by atoms with Crippen LogP contribution < -0.4 is 11.1 Å². The van der Waals surface area contributed by atoms with Crippen molar-refractivity contribution in [2.24, 2.45) is 0 Å². The third-order valence-corrected chi connectivity index (χ3v) is 2.64. The van der Waals surface area contributed by atoms with Gasteiger partial charge in [0.15, 0.2) is 17.1 Å². The van der Waals surface area contributed by atoms with Crippen molar-refractivity contribution >= 4 is 34.1 Å². The molecule has 5 N–H and O–H groups in total. The quantitative estimate of drug-likeness (QED) is 0.391. The van der Waals surface area contributed by atoms with Gasteiger partial charge in [0.1, 0.15) is 17.4 Å². The van der Waals surface area contributed by atoms with Gasteiger partial charge in [-0.15, -0.1) is 0 Å². The molecule has 0 bridgehead atoms. The van der Waals surface area contributed by atoms with Gasteiger partial charge in [-0.2, -0.15) is 9.97 Å². The summed E-state index contributed by atoms with van der Waals surface area (Å²) < 4.78 is 0. The summed E-state index contributed by atoms with van der Waals surface area (Å²) in [6.45, 7) is 0. The summed E-state index contributed by atoms with van der Waals surface area (Å²) >= 11 is 0. The van der Waals surface area contributed by atoms with Gasteiger partial charge in [-0.1, -0.05) is 0 Å². The number of rotatable bonds is 1. The minimum atomic E-state index is 0.221. The van der Waals surface area contributed by atoms with Gasteiger partial charge in [-0.05, 0) is 0 Å². The maximum atomic E-state index is 5.44. The highest BCUT2D eigenvalue weighted by molar-refractivity contribution is 5.83. The van der Waals surface area contributed by atoms with Gasteiger partial charge in [0.05, 0.1) is 18.9 Å². The average Bonchev–Trinajstić information content (AvgIpc) is 3.15. The van der Waals surface area contributed by atoms with Crippen LogP contribution in [0.5, 0.6) is 0 Å². The first-order valence-electron chi connectivity index (χ1n) is 6.01. The molecule has 10 nitrogen and oxygen atoms in total. The maximum absolute atomic E-state index is 5.44. The van der Waals surface area contributed by atoms with Crippen LogP contribution in [-0.4, -0.2) is 46.9 Å². The van der Waals surface area contributed by atoms with Gasteiger partial charge in [0.2, 0.25) is 5.95 Å². The third kappa shape index (κ3) is 2.54. The Morgan fingerprint density at radius 2 is 1.86 bits per heavy atom. The number of aromatic amines is 2. The molecular formula is C11H12N10. The van der Waals surface area contributed by atoms with Crippen LogP contribution in [0.2, 0.25) is 0 Å². The molecule has 0 unspecified atom stereocenters. The van der Waals surface area contributed by atoms with Crippen molar-refractivity contribution in [3.05, 3.63) is 25.2 Å². The van der Waals surface area contributed by atoms with Crippen molar-refractivity contribution in [1.29, 1.82) is 0 Å². The first-order chi connectivity index (χ1) is 10.3. The topological polar surface area (TPSA) is 147 Å². The van der Waals surface area contributed by atoms with Crippen molar-refractivity contribution in [2.45, 2.75) is 0 Å². The Labute approximate surface area is 118 Å². The molecule has 0 radical (unpaired) electrons. The van der Waals surface area contributed by atoms with E-state index in [1.165, 1.54) is 6.33 Å². The van der Waals surface area contributed by atoms with E-state index in [0.29, 0.717) is 17.1 Å². The Balaban J connectivity index is 0.000000131. The normalized spacial score (nSPS) is 10.3. The standard InChI is InChI=1S/C6H8N6.C5H4N4/c1-8-4-3-5(10-2-9-3)12-6(7)11-4;1-4-5(8-2-6-1)9-3-7-4/h2H,1H3,(H4,7,8,9,10,11,12);1-3H,(H,6,7,8,9). The summed E-state index contributed by atoms with van der Waals surface area (Å²) in [5.74, 6) is 0.883. The minimum Gasteiger partial charge on any atom is -0.371 e. The van der Waals surface area contributed by atoms with Crippen LogP contribution in [0.3, 0.4) is 0 Å². The zero-order chi connectivity index (χ0) is 14.7. The SMILES string of the molecule is CNc1nc(N)nc2nc[nH]c12.c1ncc2[nH]cnc2n1. The Bertz CT molecular complexity index is 833. The molecule has 0 atom stereocenters. The van der Waals surface area contributed by atoms with Crippen molar-refractivity contribution < 1.29 is 0 Å². The third-order valence-electron chi connectivity index (χ3n) is 2.64. The minimum absolute atomic E-state index is 0.221. The number of nitrogens with zero attached hydrogens (tertiary/aromatic N) is 6. The molecular weight excluding hydrogens is 272 g/mol. The summed E-state index contributed by atoms with van der Waals surface area (Å²) in [7, 11) is 1.77. The summed E-state index contributed by atoms with van der Waals surface area (Å²) in [6.07, 6.45) is 6.32. The van der Waals surface area contributed by atoms with Crippen molar-refractivity contribution in [1.82, 2.24) is 39.9 Å². The van der Waals surface area contributed by atoms with E-state index < -0.39 is 0 Å². The average molecular weight is 284 g/mol. The fraction of sp³-hybridized carbons (Fsp3) is 0.0909. The van der Waals surface area contributed by atoms with Crippen molar-refractivity contribution in [3.8, 4) is 0 Å². The number of H-pyrrole nitrogens is 2. The zero-order valence-corrected chi connectivity index (χ0v) is 11.1. The van der Waals surface area contributed by atoms with Gasteiger partial charge < -0.3 is 21.0 Å². The lowest BCUT2D eigenvalue weighted by Crippen LogP contribution is -2.00. The molecule has 0 saturated heterocycles. The number of aromatic nitrogens is 8. The number of hydrogen-bond donors (Lipinski definition) is 4. The lowest BCUT2D eigenvalue weighted by Gasteiger charge is -1.99. The molecule has 0 aliphatic heterocycles. The van der Waals surface area contributed by atoms with E-state index in [1.807, 2.05) is 0 Å². The monoisotopic (exact) mass is 284 g/mol. The van der Waals surface area contributed by atoms with E-state index >= 15 is 0 Å².